The molecule has 0 bridgehead atoms. The smallest absolute Gasteiger partial charge is 0.246 e. The first-order valence-electron chi connectivity index (χ1n) is 7.26. The summed E-state index contributed by atoms with van der Waals surface area (Å²) < 4.78 is 21.8. The van der Waals surface area contributed by atoms with Gasteiger partial charge < -0.3 is 11.1 Å². The van der Waals surface area contributed by atoms with Gasteiger partial charge in [0.05, 0.1) is 11.1 Å². The second kappa shape index (κ2) is 14.4. The molecule has 2 aromatic rings. The Kier molecular flexibility index (Phi) is 15.5. The Morgan fingerprint density at radius 2 is 1.18 bits per heavy atom. The predicted molar refractivity (Wildman–Crippen MR) is 108 cm³/mol. The summed E-state index contributed by atoms with van der Waals surface area (Å²) in [5, 5.41) is 2.49. The minimum atomic E-state index is -3.38. The molecule has 148 valence electrons. The van der Waals surface area contributed by atoms with Crippen LogP contribution in [0.1, 0.15) is 34.6 Å². The van der Waals surface area contributed by atoms with Gasteiger partial charge in [-0.25, -0.2) is 28.4 Å². The van der Waals surface area contributed by atoms with Gasteiger partial charge in [0.15, 0.2) is 11.6 Å². The molecular formula is C15H22B2N6O4S. The average Bonchev–Trinajstić information content (AvgIpc) is 2.63. The van der Waals surface area contributed by atoms with Gasteiger partial charge in [0.1, 0.15) is 0 Å². The molecule has 0 unspecified atom stereocenters. The Bertz CT molecular complexity index is 831. The van der Waals surface area contributed by atoms with E-state index in [0.29, 0.717) is 17.1 Å². The minimum absolute atomic E-state index is 0. The van der Waals surface area contributed by atoms with Gasteiger partial charge in [-0.1, -0.05) is 0 Å². The van der Waals surface area contributed by atoms with Gasteiger partial charge in [0.25, 0.3) is 0 Å². The van der Waals surface area contributed by atoms with E-state index in [-0.39, 0.29) is 33.5 Å². The van der Waals surface area contributed by atoms with Crippen molar-refractivity contribution in [3.05, 3.63) is 35.9 Å². The molecule has 0 fully saturated rings. The molecule has 0 aliphatic carbocycles. The van der Waals surface area contributed by atoms with E-state index in [2.05, 4.69) is 31.0 Å². The highest BCUT2D eigenvalue weighted by Gasteiger charge is 2.10. The summed E-state index contributed by atoms with van der Waals surface area (Å²) in [5.74, 6) is 0.308. The first-order valence-corrected chi connectivity index (χ1v) is 9.15. The summed E-state index contributed by atoms with van der Waals surface area (Å²) >= 11 is 0. The molecule has 0 atom stereocenters. The van der Waals surface area contributed by atoms with Crippen LogP contribution in [-0.2, 0) is 9.84 Å². The van der Waals surface area contributed by atoms with Crippen LogP contribution in [0.3, 0.4) is 0 Å². The molecule has 0 aromatic carbocycles. The number of nitrogens with two attached hydrogens (primary N) is 1. The number of carbonyl (C=O) groups is 2. The number of carbonyl (C=O) groups excluding carboxylic acids is 2. The number of hydrogen-bond acceptors (Lipinski definition) is 10. The monoisotopic (exact) mass is 404 g/mol. The first-order chi connectivity index (χ1) is 12.1. The van der Waals surface area contributed by atoms with Gasteiger partial charge in [-0.05, 0) is 20.9 Å². The Morgan fingerprint density at radius 1 is 0.857 bits per heavy atom. The van der Waals surface area contributed by atoms with Gasteiger partial charge in [-0.15, -0.1) is 0 Å². The molecule has 0 saturated carbocycles. The number of nitrogens with one attached hydrogen (secondary N) is 1. The molecule has 28 heavy (non-hydrogen) atoms. The molecule has 0 aliphatic rings. The van der Waals surface area contributed by atoms with Gasteiger partial charge >= 0.3 is 0 Å². The van der Waals surface area contributed by atoms with Crippen LogP contribution in [0.25, 0.3) is 0 Å². The van der Waals surface area contributed by atoms with Crippen LogP contribution in [-0.4, -0.2) is 77.1 Å². The van der Waals surface area contributed by atoms with Crippen molar-refractivity contribution in [3.63, 3.8) is 0 Å². The van der Waals surface area contributed by atoms with Crippen molar-refractivity contribution in [3.8, 4) is 0 Å². The predicted octanol–water partition coefficient (Wildman–Crippen LogP) is -0.383. The molecular weight excluding hydrogens is 382 g/mol. The lowest BCUT2D eigenvalue weighted by Crippen LogP contribution is -2.05. The second-order valence-electron chi connectivity index (χ2n) is 4.68. The lowest BCUT2D eigenvalue weighted by molar-refractivity contribution is 0.100. The number of anilines is 1. The van der Waals surface area contributed by atoms with E-state index in [1.54, 1.807) is 7.05 Å². The largest absolute Gasteiger partial charge is 0.357 e. The number of aromatic nitrogens is 4. The lowest BCUT2D eigenvalue weighted by atomic mass is 10.2. The molecule has 2 heterocycles. The van der Waals surface area contributed by atoms with Crippen molar-refractivity contribution in [2.45, 2.75) is 19.0 Å². The van der Waals surface area contributed by atoms with E-state index in [0.717, 1.165) is 6.26 Å². The normalized spacial score (nSPS) is 9.07. The van der Waals surface area contributed by atoms with Crippen molar-refractivity contribution in [1.29, 1.82) is 0 Å². The maximum atomic E-state index is 10.9. The Morgan fingerprint density at radius 3 is 1.43 bits per heavy atom. The summed E-state index contributed by atoms with van der Waals surface area (Å²) in [5.41, 5.74) is 5.33. The van der Waals surface area contributed by atoms with E-state index in [4.69, 9.17) is 0 Å². The fourth-order valence-electron chi connectivity index (χ4n) is 1.33. The lowest BCUT2D eigenvalue weighted by Gasteiger charge is -1.96. The molecule has 10 nitrogen and oxygen atoms in total. The fourth-order valence-corrected chi connectivity index (χ4v) is 1.82. The molecule has 0 saturated heterocycles. The summed E-state index contributed by atoms with van der Waals surface area (Å²) in [6.45, 7) is 2.84. The standard InChI is InChI=1S/C7H9N3O.C7H8N2O3S.CH5N.2B/c1-5(11)6-3-9-7(8-2)10-4-6;1-5(10)6-3-8-7(9-4-6)13(2,11)12;1-2;;/h3-4H,1-2H3,(H,8,9,10);3-4H,1-2H3;2H2,1H3;;. The van der Waals surface area contributed by atoms with Crippen LogP contribution in [0.15, 0.2) is 29.9 Å². The van der Waals surface area contributed by atoms with E-state index in [1.807, 2.05) is 0 Å². The molecule has 3 N–H and O–H groups in total. The molecule has 2 aromatic heterocycles. The molecule has 0 amide bonds. The zero-order valence-electron chi connectivity index (χ0n) is 16.4. The first kappa shape index (κ1) is 30.1. The number of hydrogen-bond donors (Lipinski definition) is 2. The SMILES string of the molecule is CC(=O)c1cnc(S(C)(=O)=O)nc1.CN.CNc1ncc(C(C)=O)cn1.[B].[B]. The van der Waals surface area contributed by atoms with E-state index in [9.17, 15) is 18.0 Å². The van der Waals surface area contributed by atoms with Crippen molar-refractivity contribution in [2.75, 3.05) is 25.7 Å². The van der Waals surface area contributed by atoms with Gasteiger partial charge in [-0.2, -0.15) is 0 Å². The highest BCUT2D eigenvalue weighted by Crippen LogP contribution is 2.02. The molecule has 2 rings (SSSR count). The van der Waals surface area contributed by atoms with Crippen molar-refractivity contribution >= 4 is 44.2 Å². The average molecular weight is 404 g/mol. The van der Waals surface area contributed by atoms with Crippen molar-refractivity contribution < 1.29 is 18.0 Å². The Hall–Kier alpha value is -2.66. The highest BCUT2D eigenvalue weighted by atomic mass is 32.2. The Labute approximate surface area is 168 Å². The number of Topliss-reactive ketones (excluding diaryl/α,β-unsaturated/α-hetero) is 2. The van der Waals surface area contributed by atoms with E-state index < -0.39 is 9.84 Å². The maximum Gasteiger partial charge on any atom is 0.246 e. The summed E-state index contributed by atoms with van der Waals surface area (Å²) in [6.07, 6.45) is 6.41. The van der Waals surface area contributed by atoms with E-state index >= 15 is 0 Å². The number of rotatable bonds is 4. The van der Waals surface area contributed by atoms with Crippen LogP contribution < -0.4 is 11.1 Å². The van der Waals surface area contributed by atoms with E-state index in [1.165, 1.54) is 45.7 Å². The highest BCUT2D eigenvalue weighted by molar-refractivity contribution is 7.90. The molecule has 0 aliphatic heterocycles. The van der Waals surface area contributed by atoms with Gasteiger partial charge in [-0.3, -0.25) is 9.59 Å². The molecule has 6 radical (unpaired) electrons. The zero-order chi connectivity index (χ0) is 20.3. The maximum absolute atomic E-state index is 10.9. The van der Waals surface area contributed by atoms with Crippen molar-refractivity contribution in [2.24, 2.45) is 5.73 Å². The topological polar surface area (TPSA) is 158 Å². The van der Waals surface area contributed by atoms with Crippen LogP contribution in [0.5, 0.6) is 0 Å². The second-order valence-corrected chi connectivity index (χ2v) is 6.59. The fraction of sp³-hybridized carbons (Fsp3) is 0.333. The third-order valence-electron chi connectivity index (χ3n) is 2.65. The number of sulfone groups is 1. The number of nitrogens with zero attached hydrogens (tertiary/aromatic N) is 4. The quantitative estimate of drug-likeness (QED) is 0.391. The molecule has 13 heteroatoms. The van der Waals surface area contributed by atoms with Crippen LogP contribution in [0.2, 0.25) is 0 Å². The van der Waals surface area contributed by atoms with Gasteiger partial charge in [0.2, 0.25) is 20.9 Å². The molecule has 0 spiro atoms. The summed E-state index contributed by atoms with van der Waals surface area (Å²) in [4.78, 5) is 36.4. The summed E-state index contributed by atoms with van der Waals surface area (Å²) in [6, 6.07) is 0. The van der Waals surface area contributed by atoms with Crippen LogP contribution in [0, 0.1) is 0 Å². The number of ketones is 2. The van der Waals surface area contributed by atoms with Crippen LogP contribution in [0.4, 0.5) is 5.95 Å². The third-order valence-corrected chi connectivity index (χ3v) is 3.52. The third kappa shape index (κ3) is 10.5. The zero-order valence-corrected chi connectivity index (χ0v) is 17.2. The Balaban J connectivity index is -0.000000388. The minimum Gasteiger partial charge on any atom is -0.357 e. The summed E-state index contributed by atoms with van der Waals surface area (Å²) in [7, 11) is -0.154. The van der Waals surface area contributed by atoms with Crippen LogP contribution >= 0.6 is 0 Å². The van der Waals surface area contributed by atoms with Crippen molar-refractivity contribution in [1.82, 2.24) is 19.9 Å². The van der Waals surface area contributed by atoms with Gasteiger partial charge in [0, 0.05) is 54.9 Å².